The van der Waals surface area contributed by atoms with Crippen molar-refractivity contribution in [1.29, 1.82) is 0 Å². The van der Waals surface area contributed by atoms with E-state index < -0.39 is 5.97 Å². The molecule has 0 N–H and O–H groups in total. The van der Waals surface area contributed by atoms with Gasteiger partial charge in [0.25, 0.3) is 0 Å². The molecular formula is C13H20O3. The monoisotopic (exact) mass is 224 g/mol. The Morgan fingerprint density at radius 1 is 1.38 bits per heavy atom. The normalized spacial score (nSPS) is 15.4. The van der Waals surface area contributed by atoms with Gasteiger partial charge in [0.1, 0.15) is 12.2 Å². The molecule has 16 heavy (non-hydrogen) atoms. The summed E-state index contributed by atoms with van der Waals surface area (Å²) in [5.74, 6) is -0.440. The van der Waals surface area contributed by atoms with Crippen molar-refractivity contribution in [3.63, 3.8) is 0 Å². The number of rotatable bonds is 6. The van der Waals surface area contributed by atoms with E-state index in [4.69, 9.17) is 0 Å². The van der Waals surface area contributed by atoms with Crippen LogP contribution in [0.4, 0.5) is 0 Å². The van der Waals surface area contributed by atoms with Gasteiger partial charge in [0.15, 0.2) is 0 Å². The number of carbonyl (C=O) groups excluding carboxylic acids is 2. The van der Waals surface area contributed by atoms with E-state index in [2.05, 4.69) is 10.8 Å². The average molecular weight is 224 g/mol. The molecule has 1 aliphatic carbocycles. The highest BCUT2D eigenvalue weighted by Gasteiger charge is 2.10. The van der Waals surface area contributed by atoms with Crippen molar-refractivity contribution in [2.45, 2.75) is 51.4 Å². The van der Waals surface area contributed by atoms with Gasteiger partial charge < -0.3 is 4.74 Å². The molecule has 0 aliphatic heterocycles. The van der Waals surface area contributed by atoms with Gasteiger partial charge >= 0.3 is 5.97 Å². The van der Waals surface area contributed by atoms with Gasteiger partial charge in [-0.2, -0.15) is 0 Å². The van der Waals surface area contributed by atoms with Gasteiger partial charge in [-0.1, -0.05) is 11.6 Å². The highest BCUT2D eigenvalue weighted by Crippen LogP contribution is 2.21. The third-order valence-corrected chi connectivity index (χ3v) is 2.91. The maximum Gasteiger partial charge on any atom is 0.313 e. The van der Waals surface area contributed by atoms with Crippen LogP contribution in [-0.4, -0.2) is 18.9 Å². The van der Waals surface area contributed by atoms with Crippen molar-refractivity contribution in [2.24, 2.45) is 0 Å². The molecule has 0 aromatic carbocycles. The summed E-state index contributed by atoms with van der Waals surface area (Å²) in [5.41, 5.74) is 1.48. The fourth-order valence-corrected chi connectivity index (χ4v) is 1.97. The third kappa shape index (κ3) is 5.10. The van der Waals surface area contributed by atoms with Crippen LogP contribution < -0.4 is 0 Å². The number of esters is 1. The molecule has 1 aliphatic rings. The number of Topliss-reactive ketones (excluding diaryl/α,β-unsaturated/α-hetero) is 1. The maximum atomic E-state index is 11.3. The number of allylic oxidation sites excluding steroid dienone is 2. The van der Waals surface area contributed by atoms with Crippen molar-refractivity contribution < 1.29 is 14.3 Å². The first-order valence-electron chi connectivity index (χ1n) is 5.99. The summed E-state index contributed by atoms with van der Waals surface area (Å²) in [6.07, 6.45) is 9.54. The van der Waals surface area contributed by atoms with Crippen LogP contribution in [0, 0.1) is 0 Å². The van der Waals surface area contributed by atoms with Crippen LogP contribution in [0.2, 0.25) is 0 Å². The Bertz CT molecular complexity index is 279. The second-order valence-electron chi connectivity index (χ2n) is 4.25. The molecule has 0 fully saturated rings. The predicted molar refractivity (Wildman–Crippen MR) is 62.0 cm³/mol. The topological polar surface area (TPSA) is 43.4 Å². The molecule has 0 amide bonds. The van der Waals surface area contributed by atoms with E-state index >= 15 is 0 Å². The molecule has 0 saturated heterocycles. The molecule has 0 spiro atoms. The van der Waals surface area contributed by atoms with Gasteiger partial charge in [0.2, 0.25) is 0 Å². The van der Waals surface area contributed by atoms with Crippen LogP contribution in [0.25, 0.3) is 0 Å². The Morgan fingerprint density at radius 3 is 2.81 bits per heavy atom. The smallest absolute Gasteiger partial charge is 0.313 e. The number of ether oxygens (including phenoxy) is 1. The first-order chi connectivity index (χ1) is 7.72. The summed E-state index contributed by atoms with van der Waals surface area (Å²) in [4.78, 5) is 22.2. The third-order valence-electron chi connectivity index (χ3n) is 2.91. The fourth-order valence-electron chi connectivity index (χ4n) is 1.97. The van der Waals surface area contributed by atoms with Crippen LogP contribution in [0.3, 0.4) is 0 Å². The minimum atomic E-state index is -0.429. The molecule has 0 saturated carbocycles. The van der Waals surface area contributed by atoms with E-state index in [-0.39, 0.29) is 12.2 Å². The number of hydrogen-bond acceptors (Lipinski definition) is 3. The van der Waals surface area contributed by atoms with Crippen molar-refractivity contribution in [3.05, 3.63) is 11.6 Å². The summed E-state index contributed by atoms with van der Waals surface area (Å²) >= 11 is 0. The van der Waals surface area contributed by atoms with E-state index in [1.165, 1.54) is 38.4 Å². The summed E-state index contributed by atoms with van der Waals surface area (Å²) in [6.45, 7) is 0. The highest BCUT2D eigenvalue weighted by atomic mass is 16.5. The summed E-state index contributed by atoms with van der Waals surface area (Å²) in [5, 5.41) is 0. The van der Waals surface area contributed by atoms with Gasteiger partial charge in [-0.05, 0) is 38.5 Å². The summed E-state index contributed by atoms with van der Waals surface area (Å²) in [7, 11) is 1.31. The minimum absolute atomic E-state index is 0.0109. The van der Waals surface area contributed by atoms with Crippen molar-refractivity contribution in [1.82, 2.24) is 0 Å². The Kier molecular flexibility index (Phi) is 5.83. The Morgan fingerprint density at radius 2 is 2.19 bits per heavy atom. The molecule has 0 aromatic heterocycles. The Balaban J connectivity index is 2.12. The zero-order chi connectivity index (χ0) is 11.8. The standard InChI is InChI=1S/C13H20O3/c1-16-13(15)10-12(14)9-5-8-11-6-3-2-4-7-11/h6H,2-5,7-10H2,1H3. The minimum Gasteiger partial charge on any atom is -0.469 e. The second-order valence-corrected chi connectivity index (χ2v) is 4.25. The predicted octanol–water partition coefficient (Wildman–Crippen LogP) is 2.79. The lowest BCUT2D eigenvalue weighted by Gasteiger charge is -2.11. The zero-order valence-electron chi connectivity index (χ0n) is 9.96. The number of ketones is 1. The Hall–Kier alpha value is -1.12. The number of methoxy groups -OCH3 is 1. The van der Waals surface area contributed by atoms with Crippen LogP contribution in [0.1, 0.15) is 51.4 Å². The molecule has 90 valence electrons. The molecule has 0 heterocycles. The van der Waals surface area contributed by atoms with E-state index in [1.54, 1.807) is 0 Å². The first kappa shape index (κ1) is 12.9. The van der Waals surface area contributed by atoms with E-state index in [0.29, 0.717) is 6.42 Å². The van der Waals surface area contributed by atoms with Crippen LogP contribution in [0.5, 0.6) is 0 Å². The zero-order valence-corrected chi connectivity index (χ0v) is 9.96. The summed E-state index contributed by atoms with van der Waals surface area (Å²) in [6, 6.07) is 0. The lowest BCUT2D eigenvalue weighted by molar-refractivity contribution is -0.143. The lowest BCUT2D eigenvalue weighted by atomic mass is 9.95. The highest BCUT2D eigenvalue weighted by molar-refractivity contribution is 5.95. The first-order valence-corrected chi connectivity index (χ1v) is 5.99. The molecule has 1 rings (SSSR count). The fraction of sp³-hybridized carbons (Fsp3) is 0.692. The van der Waals surface area contributed by atoms with Gasteiger partial charge in [0, 0.05) is 6.42 Å². The number of hydrogen-bond donors (Lipinski definition) is 0. The van der Waals surface area contributed by atoms with Crippen LogP contribution in [-0.2, 0) is 14.3 Å². The largest absolute Gasteiger partial charge is 0.469 e. The molecule has 0 aromatic rings. The van der Waals surface area contributed by atoms with Gasteiger partial charge in [-0.25, -0.2) is 0 Å². The van der Waals surface area contributed by atoms with E-state index in [0.717, 1.165) is 12.8 Å². The molecule has 0 atom stereocenters. The molecular weight excluding hydrogens is 204 g/mol. The molecule has 3 heteroatoms. The average Bonchev–Trinajstić information content (AvgIpc) is 2.30. The second kappa shape index (κ2) is 7.20. The Labute approximate surface area is 96.9 Å². The van der Waals surface area contributed by atoms with E-state index in [1.807, 2.05) is 0 Å². The maximum absolute atomic E-state index is 11.3. The van der Waals surface area contributed by atoms with Crippen LogP contribution >= 0.6 is 0 Å². The molecule has 0 bridgehead atoms. The quantitative estimate of drug-likeness (QED) is 0.396. The van der Waals surface area contributed by atoms with Gasteiger partial charge in [0.05, 0.1) is 7.11 Å². The van der Waals surface area contributed by atoms with Crippen LogP contribution in [0.15, 0.2) is 11.6 Å². The van der Waals surface area contributed by atoms with Crippen molar-refractivity contribution >= 4 is 11.8 Å². The molecule has 3 nitrogen and oxygen atoms in total. The summed E-state index contributed by atoms with van der Waals surface area (Å²) < 4.78 is 4.45. The number of carbonyl (C=O) groups is 2. The molecule has 0 unspecified atom stereocenters. The lowest BCUT2D eigenvalue weighted by Crippen LogP contribution is -2.09. The van der Waals surface area contributed by atoms with Gasteiger partial charge in [-0.3, -0.25) is 9.59 Å². The van der Waals surface area contributed by atoms with Gasteiger partial charge in [-0.15, -0.1) is 0 Å². The van der Waals surface area contributed by atoms with Crippen molar-refractivity contribution in [3.8, 4) is 0 Å². The SMILES string of the molecule is COC(=O)CC(=O)CCCC1=CCCCC1. The van der Waals surface area contributed by atoms with E-state index in [9.17, 15) is 9.59 Å². The van der Waals surface area contributed by atoms with Crippen molar-refractivity contribution in [2.75, 3.05) is 7.11 Å². The molecule has 0 radical (unpaired) electrons.